The van der Waals surface area contributed by atoms with E-state index < -0.39 is 0 Å². The number of hydrogen-bond donors (Lipinski definition) is 0. The van der Waals surface area contributed by atoms with Gasteiger partial charge in [-0.05, 0) is 0 Å². The molecule has 0 fully saturated rings. The molecule has 2 nitrogen and oxygen atoms in total. The van der Waals surface area contributed by atoms with Crippen LogP contribution >= 0.6 is 0 Å². The number of rotatable bonds is 1. The van der Waals surface area contributed by atoms with Crippen LogP contribution in [0, 0.1) is 5.92 Å². The molecule has 0 aromatic heterocycles. The van der Waals surface area contributed by atoms with E-state index in [0.29, 0.717) is 5.92 Å². The molecular weight excluding hydrogens is 100 g/mol. The Morgan fingerprint density at radius 3 is 3.12 bits per heavy atom. The number of aliphatic imine (C=N–C) groups is 2. The van der Waals surface area contributed by atoms with E-state index in [1.54, 1.807) is 13.2 Å². The van der Waals surface area contributed by atoms with Crippen LogP contribution < -0.4 is 0 Å². The Morgan fingerprint density at radius 2 is 2.62 bits per heavy atom. The van der Waals surface area contributed by atoms with Gasteiger partial charge in [-0.1, -0.05) is 6.08 Å². The van der Waals surface area contributed by atoms with Gasteiger partial charge in [0.25, 0.3) is 0 Å². The highest BCUT2D eigenvalue weighted by Gasteiger charge is 1.97. The van der Waals surface area contributed by atoms with Crippen molar-refractivity contribution in [1.82, 2.24) is 0 Å². The predicted octanol–water partition coefficient (Wildman–Crippen LogP) is 0.901. The lowest BCUT2D eigenvalue weighted by Crippen LogP contribution is -1.94. The largest absolute Gasteiger partial charge is 0.300 e. The van der Waals surface area contributed by atoms with E-state index in [2.05, 4.69) is 9.98 Å². The third-order valence-corrected chi connectivity index (χ3v) is 0.974. The normalized spacial score (nSPS) is 25.9. The summed E-state index contributed by atoms with van der Waals surface area (Å²) in [5.74, 6) is 0.347. The Morgan fingerprint density at radius 1 is 1.75 bits per heavy atom. The van der Waals surface area contributed by atoms with Crippen molar-refractivity contribution < 1.29 is 0 Å². The summed E-state index contributed by atoms with van der Waals surface area (Å²) in [6.45, 7) is 0. The van der Waals surface area contributed by atoms with Crippen LogP contribution in [0.5, 0.6) is 0 Å². The second-order valence-electron chi connectivity index (χ2n) is 1.62. The van der Waals surface area contributed by atoms with Crippen LogP contribution in [0.1, 0.15) is 0 Å². The Labute approximate surface area is 48.7 Å². The maximum Gasteiger partial charge on any atom is 0.0490 e. The zero-order chi connectivity index (χ0) is 5.82. The van der Waals surface area contributed by atoms with Crippen LogP contribution in [0.4, 0.5) is 0 Å². The quantitative estimate of drug-likeness (QED) is 0.446. The van der Waals surface area contributed by atoms with Gasteiger partial charge in [0.05, 0.1) is 0 Å². The average Bonchev–Trinajstić information content (AvgIpc) is 2.19. The number of hydrogen-bond acceptors (Lipinski definition) is 2. The van der Waals surface area contributed by atoms with Crippen LogP contribution in [-0.2, 0) is 0 Å². The molecule has 1 unspecified atom stereocenters. The van der Waals surface area contributed by atoms with E-state index >= 15 is 0 Å². The first-order valence-corrected chi connectivity index (χ1v) is 2.56. The topological polar surface area (TPSA) is 24.7 Å². The van der Waals surface area contributed by atoms with Crippen molar-refractivity contribution in [2.75, 3.05) is 7.05 Å². The van der Waals surface area contributed by atoms with Gasteiger partial charge in [0.2, 0.25) is 0 Å². The highest BCUT2D eigenvalue weighted by Crippen LogP contribution is 1.98. The molecule has 42 valence electrons. The lowest BCUT2D eigenvalue weighted by Gasteiger charge is -1.87. The van der Waals surface area contributed by atoms with Gasteiger partial charge in [0, 0.05) is 31.6 Å². The van der Waals surface area contributed by atoms with Crippen LogP contribution in [0.15, 0.2) is 22.3 Å². The summed E-state index contributed by atoms with van der Waals surface area (Å²) in [4.78, 5) is 7.74. The van der Waals surface area contributed by atoms with E-state index in [9.17, 15) is 0 Å². The summed E-state index contributed by atoms with van der Waals surface area (Å²) < 4.78 is 0. The van der Waals surface area contributed by atoms with Gasteiger partial charge < -0.3 is 0 Å². The minimum Gasteiger partial charge on any atom is -0.300 e. The SMILES string of the molecule is CN=CC1C=CN=C1. The van der Waals surface area contributed by atoms with Gasteiger partial charge in [-0.2, -0.15) is 0 Å². The summed E-state index contributed by atoms with van der Waals surface area (Å²) in [7, 11) is 1.76. The maximum absolute atomic E-state index is 3.89. The minimum atomic E-state index is 0.347. The molecule has 2 heteroatoms. The third kappa shape index (κ3) is 1.03. The zero-order valence-electron chi connectivity index (χ0n) is 4.78. The standard InChI is InChI=1S/C6H8N2/c1-7-4-6-2-3-8-5-6/h2-6H,1H3. The highest BCUT2D eigenvalue weighted by atomic mass is 14.7. The second kappa shape index (κ2) is 2.40. The molecule has 0 N–H and O–H groups in total. The van der Waals surface area contributed by atoms with Crippen molar-refractivity contribution in [3.8, 4) is 0 Å². The van der Waals surface area contributed by atoms with Crippen LogP contribution in [-0.4, -0.2) is 19.5 Å². The zero-order valence-corrected chi connectivity index (χ0v) is 4.78. The first-order valence-electron chi connectivity index (χ1n) is 2.56. The first kappa shape index (κ1) is 5.22. The van der Waals surface area contributed by atoms with Crippen molar-refractivity contribution in [1.29, 1.82) is 0 Å². The fourth-order valence-electron chi connectivity index (χ4n) is 0.608. The molecule has 8 heavy (non-hydrogen) atoms. The van der Waals surface area contributed by atoms with Gasteiger partial charge >= 0.3 is 0 Å². The third-order valence-electron chi connectivity index (χ3n) is 0.974. The Bertz CT molecular complexity index is 133. The molecule has 0 saturated carbocycles. The lowest BCUT2D eigenvalue weighted by molar-refractivity contribution is 1.29. The molecule has 1 rings (SSSR count). The summed E-state index contributed by atoms with van der Waals surface area (Å²) in [6, 6.07) is 0. The fraction of sp³-hybridized carbons (Fsp3) is 0.333. The molecule has 1 heterocycles. The molecule has 0 bridgehead atoms. The number of allylic oxidation sites excluding steroid dienone is 1. The molecule has 0 aromatic carbocycles. The molecule has 1 aliphatic heterocycles. The van der Waals surface area contributed by atoms with Crippen molar-refractivity contribution in [3.05, 3.63) is 12.3 Å². The Hall–Kier alpha value is -0.920. The number of nitrogens with zero attached hydrogens (tertiary/aromatic N) is 2. The average molecular weight is 108 g/mol. The molecule has 0 amide bonds. The summed E-state index contributed by atoms with van der Waals surface area (Å²) in [5.41, 5.74) is 0. The molecule has 0 radical (unpaired) electrons. The monoisotopic (exact) mass is 108 g/mol. The Balaban J connectivity index is 2.49. The van der Waals surface area contributed by atoms with Gasteiger partial charge in [-0.25, -0.2) is 0 Å². The van der Waals surface area contributed by atoms with Crippen LogP contribution in [0.2, 0.25) is 0 Å². The van der Waals surface area contributed by atoms with Crippen molar-refractivity contribution in [2.24, 2.45) is 15.9 Å². The molecule has 0 aromatic rings. The molecule has 1 aliphatic rings. The smallest absolute Gasteiger partial charge is 0.0490 e. The van der Waals surface area contributed by atoms with Crippen molar-refractivity contribution in [3.63, 3.8) is 0 Å². The van der Waals surface area contributed by atoms with Crippen molar-refractivity contribution in [2.45, 2.75) is 0 Å². The summed E-state index contributed by atoms with van der Waals surface area (Å²) in [6.07, 6.45) is 7.49. The minimum absolute atomic E-state index is 0.347. The lowest BCUT2D eigenvalue weighted by atomic mass is 10.2. The van der Waals surface area contributed by atoms with Gasteiger partial charge in [-0.3, -0.25) is 9.98 Å². The highest BCUT2D eigenvalue weighted by molar-refractivity contribution is 5.87. The molecule has 1 atom stereocenters. The van der Waals surface area contributed by atoms with Crippen molar-refractivity contribution >= 4 is 12.4 Å². The van der Waals surface area contributed by atoms with Crippen LogP contribution in [0.3, 0.4) is 0 Å². The predicted molar refractivity (Wildman–Crippen MR) is 35.5 cm³/mol. The van der Waals surface area contributed by atoms with E-state index in [1.165, 1.54) is 0 Å². The van der Waals surface area contributed by atoms with E-state index in [-0.39, 0.29) is 0 Å². The molecule has 0 aliphatic carbocycles. The van der Waals surface area contributed by atoms with Gasteiger partial charge in [0.15, 0.2) is 0 Å². The second-order valence-corrected chi connectivity index (χ2v) is 1.62. The van der Waals surface area contributed by atoms with Gasteiger partial charge in [-0.15, -0.1) is 0 Å². The maximum atomic E-state index is 3.89. The summed E-state index contributed by atoms with van der Waals surface area (Å²) >= 11 is 0. The van der Waals surface area contributed by atoms with E-state index in [1.807, 2.05) is 18.5 Å². The Kier molecular flexibility index (Phi) is 1.57. The fourth-order valence-corrected chi connectivity index (χ4v) is 0.608. The summed E-state index contributed by atoms with van der Waals surface area (Å²) in [5, 5.41) is 0. The van der Waals surface area contributed by atoms with Gasteiger partial charge in [0.1, 0.15) is 0 Å². The molecule has 0 saturated heterocycles. The molecular formula is C6H8N2. The van der Waals surface area contributed by atoms with E-state index in [0.717, 1.165) is 0 Å². The van der Waals surface area contributed by atoms with E-state index in [4.69, 9.17) is 0 Å². The first-order chi connectivity index (χ1) is 3.93. The van der Waals surface area contributed by atoms with Crippen LogP contribution in [0.25, 0.3) is 0 Å². The molecule has 0 spiro atoms.